The molecule has 2 N–H and O–H groups in total. The number of aliphatic imine (C=N–C) groups is 1. The van der Waals surface area contributed by atoms with E-state index in [0.717, 1.165) is 31.8 Å². The molecule has 10 heavy (non-hydrogen) atoms. The molecular weight excluding hydrogens is 126 g/mol. The van der Waals surface area contributed by atoms with E-state index < -0.39 is 0 Å². The van der Waals surface area contributed by atoms with E-state index in [0.29, 0.717) is 0 Å². The Bertz CT molecular complexity index is 193. The second-order valence-electron chi connectivity index (χ2n) is 2.53. The third-order valence-electron chi connectivity index (χ3n) is 1.79. The summed E-state index contributed by atoms with van der Waals surface area (Å²) in [7, 11) is 0. The van der Waals surface area contributed by atoms with E-state index in [1.807, 2.05) is 6.21 Å². The summed E-state index contributed by atoms with van der Waals surface area (Å²) in [5.41, 5.74) is 1.29. The quantitative estimate of drug-likeness (QED) is 0.501. The summed E-state index contributed by atoms with van der Waals surface area (Å²) in [5.74, 6) is 1.05. The highest BCUT2D eigenvalue weighted by atomic mass is 15.1. The van der Waals surface area contributed by atoms with Gasteiger partial charge in [0.1, 0.15) is 5.82 Å². The Hall–Kier alpha value is -0.990. The van der Waals surface area contributed by atoms with E-state index in [1.54, 1.807) is 0 Å². The summed E-state index contributed by atoms with van der Waals surface area (Å²) in [6, 6.07) is 0. The summed E-state index contributed by atoms with van der Waals surface area (Å²) in [6.07, 6.45) is 4.16. The van der Waals surface area contributed by atoms with Gasteiger partial charge in [-0.3, -0.25) is 0 Å². The molecule has 0 atom stereocenters. The molecule has 2 rings (SSSR count). The fourth-order valence-corrected chi connectivity index (χ4v) is 1.28. The van der Waals surface area contributed by atoms with Crippen LogP contribution in [0.5, 0.6) is 0 Å². The summed E-state index contributed by atoms with van der Waals surface area (Å²) in [5, 5.41) is 6.56. The molecular formula is C7H11N3. The van der Waals surface area contributed by atoms with Gasteiger partial charge in [0.25, 0.3) is 0 Å². The van der Waals surface area contributed by atoms with Crippen LogP contribution in [0.4, 0.5) is 0 Å². The van der Waals surface area contributed by atoms with Crippen LogP contribution < -0.4 is 10.6 Å². The molecule has 0 spiro atoms. The molecule has 0 aromatic heterocycles. The van der Waals surface area contributed by atoms with Crippen molar-refractivity contribution in [2.45, 2.75) is 12.8 Å². The van der Waals surface area contributed by atoms with Crippen LogP contribution in [0.25, 0.3) is 0 Å². The highest BCUT2D eigenvalue weighted by Crippen LogP contribution is 2.13. The zero-order valence-electron chi connectivity index (χ0n) is 5.85. The van der Waals surface area contributed by atoms with Gasteiger partial charge in [-0.05, 0) is 12.8 Å². The molecule has 3 nitrogen and oxygen atoms in total. The van der Waals surface area contributed by atoms with Crippen molar-refractivity contribution >= 4 is 6.21 Å². The highest BCUT2D eigenvalue weighted by Gasteiger charge is 2.11. The van der Waals surface area contributed by atoms with Gasteiger partial charge in [0.05, 0.1) is 5.70 Å². The highest BCUT2D eigenvalue weighted by molar-refractivity contribution is 5.61. The monoisotopic (exact) mass is 137 g/mol. The number of nitrogens with one attached hydrogen (secondary N) is 2. The first-order valence-corrected chi connectivity index (χ1v) is 3.70. The molecule has 0 aromatic rings. The van der Waals surface area contributed by atoms with Crippen LogP contribution in [0, 0.1) is 0 Å². The maximum Gasteiger partial charge on any atom is 0.144 e. The second-order valence-corrected chi connectivity index (χ2v) is 2.53. The lowest BCUT2D eigenvalue weighted by molar-refractivity contribution is 0.613. The van der Waals surface area contributed by atoms with Crippen LogP contribution in [0.2, 0.25) is 0 Å². The molecule has 0 unspecified atom stereocenters. The third kappa shape index (κ3) is 0.875. The lowest BCUT2D eigenvalue weighted by Crippen LogP contribution is -2.35. The average Bonchev–Trinajstić information content (AvgIpc) is 2.05. The SMILES string of the molecule is C1=NC2=C(CC1)NCCN2. The van der Waals surface area contributed by atoms with Crippen LogP contribution in [-0.4, -0.2) is 19.3 Å². The van der Waals surface area contributed by atoms with Crippen molar-refractivity contribution in [3.63, 3.8) is 0 Å². The van der Waals surface area contributed by atoms with Crippen molar-refractivity contribution in [2.75, 3.05) is 13.1 Å². The van der Waals surface area contributed by atoms with Gasteiger partial charge >= 0.3 is 0 Å². The molecule has 2 aliphatic heterocycles. The van der Waals surface area contributed by atoms with E-state index in [2.05, 4.69) is 15.6 Å². The summed E-state index contributed by atoms with van der Waals surface area (Å²) in [6.45, 7) is 2.03. The van der Waals surface area contributed by atoms with Gasteiger partial charge in [-0.25, -0.2) is 4.99 Å². The van der Waals surface area contributed by atoms with E-state index in [1.165, 1.54) is 5.70 Å². The number of hydrogen-bond donors (Lipinski definition) is 2. The van der Waals surface area contributed by atoms with Gasteiger partial charge in [-0.1, -0.05) is 0 Å². The zero-order chi connectivity index (χ0) is 6.81. The number of nitrogens with zero attached hydrogens (tertiary/aromatic N) is 1. The standard InChI is InChI=1S/C7H11N3/c1-2-6-7(9-3-1)10-5-4-8-6/h3,8,10H,1-2,4-5H2. The first-order chi connectivity index (χ1) is 4.97. The van der Waals surface area contributed by atoms with Crippen molar-refractivity contribution < 1.29 is 0 Å². The molecule has 0 aliphatic carbocycles. The Kier molecular flexibility index (Phi) is 1.34. The van der Waals surface area contributed by atoms with E-state index in [4.69, 9.17) is 0 Å². The Morgan fingerprint density at radius 3 is 3.10 bits per heavy atom. The fourth-order valence-electron chi connectivity index (χ4n) is 1.28. The first kappa shape index (κ1) is 5.77. The molecule has 0 fully saturated rings. The predicted molar refractivity (Wildman–Crippen MR) is 40.8 cm³/mol. The van der Waals surface area contributed by atoms with Crippen LogP contribution in [0.15, 0.2) is 16.5 Å². The van der Waals surface area contributed by atoms with Crippen molar-refractivity contribution in [2.24, 2.45) is 4.99 Å². The molecule has 54 valence electrons. The zero-order valence-corrected chi connectivity index (χ0v) is 5.85. The molecule has 0 bridgehead atoms. The maximum atomic E-state index is 4.23. The van der Waals surface area contributed by atoms with Gasteiger partial charge in [-0.15, -0.1) is 0 Å². The van der Waals surface area contributed by atoms with Crippen molar-refractivity contribution in [3.05, 3.63) is 11.5 Å². The van der Waals surface area contributed by atoms with Crippen LogP contribution >= 0.6 is 0 Å². The molecule has 0 amide bonds. The van der Waals surface area contributed by atoms with Gasteiger partial charge < -0.3 is 10.6 Å². The number of allylic oxidation sites excluding steroid dienone is 1. The van der Waals surface area contributed by atoms with Crippen molar-refractivity contribution in [1.29, 1.82) is 0 Å². The molecule has 0 saturated carbocycles. The minimum atomic E-state index is 0.996. The van der Waals surface area contributed by atoms with Crippen LogP contribution in [0.1, 0.15) is 12.8 Å². The average molecular weight is 137 g/mol. The molecule has 2 heterocycles. The van der Waals surface area contributed by atoms with Crippen molar-refractivity contribution in [1.82, 2.24) is 10.6 Å². The third-order valence-corrected chi connectivity index (χ3v) is 1.79. The molecule has 3 heteroatoms. The smallest absolute Gasteiger partial charge is 0.144 e. The van der Waals surface area contributed by atoms with E-state index in [-0.39, 0.29) is 0 Å². The van der Waals surface area contributed by atoms with Crippen LogP contribution in [-0.2, 0) is 0 Å². The van der Waals surface area contributed by atoms with Crippen LogP contribution in [0.3, 0.4) is 0 Å². The second kappa shape index (κ2) is 2.33. The Morgan fingerprint density at radius 2 is 2.20 bits per heavy atom. The molecule has 0 radical (unpaired) electrons. The summed E-state index contributed by atoms with van der Waals surface area (Å²) < 4.78 is 0. The fraction of sp³-hybridized carbons (Fsp3) is 0.571. The van der Waals surface area contributed by atoms with Gasteiger partial charge in [0, 0.05) is 19.3 Å². The number of hydrogen-bond acceptors (Lipinski definition) is 3. The van der Waals surface area contributed by atoms with Crippen molar-refractivity contribution in [3.8, 4) is 0 Å². The Labute approximate surface area is 60.2 Å². The largest absolute Gasteiger partial charge is 0.384 e. The Morgan fingerprint density at radius 1 is 1.30 bits per heavy atom. The van der Waals surface area contributed by atoms with Gasteiger partial charge in [0.15, 0.2) is 0 Å². The minimum absolute atomic E-state index is 0.996. The van der Waals surface area contributed by atoms with E-state index >= 15 is 0 Å². The lowest BCUT2D eigenvalue weighted by Gasteiger charge is -2.22. The first-order valence-electron chi connectivity index (χ1n) is 3.70. The summed E-state index contributed by atoms with van der Waals surface area (Å²) in [4.78, 5) is 4.23. The normalized spacial score (nSPS) is 23.2. The van der Waals surface area contributed by atoms with Gasteiger partial charge in [0.2, 0.25) is 0 Å². The molecule has 0 aromatic carbocycles. The predicted octanol–water partition coefficient (Wildman–Crippen LogP) is 0.213. The van der Waals surface area contributed by atoms with E-state index in [9.17, 15) is 0 Å². The Balaban J connectivity index is 2.23. The number of rotatable bonds is 0. The lowest BCUT2D eigenvalue weighted by atomic mass is 10.2. The van der Waals surface area contributed by atoms with Gasteiger partial charge in [-0.2, -0.15) is 0 Å². The minimum Gasteiger partial charge on any atom is -0.384 e. The summed E-state index contributed by atoms with van der Waals surface area (Å²) >= 11 is 0. The molecule has 2 aliphatic rings. The topological polar surface area (TPSA) is 36.4 Å². The molecule has 0 saturated heterocycles. The maximum absolute atomic E-state index is 4.23.